The van der Waals surface area contributed by atoms with E-state index >= 15 is 0 Å². The maximum absolute atomic E-state index is 6.17. The van der Waals surface area contributed by atoms with Gasteiger partial charge in [-0.25, -0.2) is 9.97 Å². The van der Waals surface area contributed by atoms with Crippen LogP contribution >= 0.6 is 0 Å². The highest BCUT2D eigenvalue weighted by Crippen LogP contribution is 2.36. The number of anilines is 2. The first-order valence-corrected chi connectivity index (χ1v) is 11.0. The second kappa shape index (κ2) is 9.74. The van der Waals surface area contributed by atoms with Crippen LogP contribution in [-0.4, -0.2) is 24.1 Å². The van der Waals surface area contributed by atoms with Crippen molar-refractivity contribution in [3.8, 4) is 11.5 Å². The largest absolute Gasteiger partial charge is 0.493 e. The van der Waals surface area contributed by atoms with Crippen molar-refractivity contribution < 1.29 is 9.47 Å². The molecule has 33 heavy (non-hydrogen) atoms. The molecular formula is C28H29N3O2. The fourth-order valence-corrected chi connectivity index (χ4v) is 3.74. The summed E-state index contributed by atoms with van der Waals surface area (Å²) < 4.78 is 11.7. The predicted molar refractivity (Wildman–Crippen MR) is 135 cm³/mol. The average molecular weight is 440 g/mol. The Bertz CT molecular complexity index is 1280. The second-order valence-electron chi connectivity index (χ2n) is 7.95. The summed E-state index contributed by atoms with van der Waals surface area (Å²) in [4.78, 5) is 11.3. The highest BCUT2D eigenvalue weighted by Gasteiger charge is 2.15. The van der Waals surface area contributed by atoms with Crippen LogP contribution in [0.2, 0.25) is 0 Å². The SMILES string of the molecule is C=C(CC)c1ccc(COc2cc(N(C)c3nc(C)nc4ccccc34)ccc2OC)cc1. The summed E-state index contributed by atoms with van der Waals surface area (Å²) in [6.45, 7) is 8.57. The molecule has 3 aromatic carbocycles. The Morgan fingerprint density at radius 2 is 1.73 bits per heavy atom. The van der Waals surface area contributed by atoms with Crippen LogP contribution in [-0.2, 0) is 6.61 Å². The third-order valence-corrected chi connectivity index (χ3v) is 5.73. The molecule has 0 radical (unpaired) electrons. The Hall–Kier alpha value is -3.86. The van der Waals surface area contributed by atoms with Gasteiger partial charge in [-0.1, -0.05) is 49.9 Å². The molecule has 0 saturated carbocycles. The number of benzene rings is 3. The lowest BCUT2D eigenvalue weighted by Gasteiger charge is -2.22. The summed E-state index contributed by atoms with van der Waals surface area (Å²) in [6, 6.07) is 22.3. The van der Waals surface area contributed by atoms with Gasteiger partial charge in [0, 0.05) is 24.2 Å². The van der Waals surface area contributed by atoms with Crippen molar-refractivity contribution in [3.63, 3.8) is 0 Å². The third kappa shape index (κ3) is 4.82. The van der Waals surface area contributed by atoms with Crippen LogP contribution in [0.3, 0.4) is 0 Å². The minimum absolute atomic E-state index is 0.442. The highest BCUT2D eigenvalue weighted by atomic mass is 16.5. The van der Waals surface area contributed by atoms with E-state index in [9.17, 15) is 0 Å². The van der Waals surface area contributed by atoms with Crippen LogP contribution < -0.4 is 14.4 Å². The fraction of sp³-hybridized carbons (Fsp3) is 0.214. The van der Waals surface area contributed by atoms with Gasteiger partial charge in [-0.05, 0) is 54.3 Å². The molecule has 168 valence electrons. The zero-order valence-corrected chi connectivity index (χ0v) is 19.6. The van der Waals surface area contributed by atoms with E-state index in [0.29, 0.717) is 18.1 Å². The molecule has 0 atom stereocenters. The molecule has 0 spiro atoms. The summed E-state index contributed by atoms with van der Waals surface area (Å²) in [7, 11) is 3.65. The fourth-order valence-electron chi connectivity index (χ4n) is 3.74. The number of rotatable bonds is 8. The molecule has 0 N–H and O–H groups in total. The van der Waals surface area contributed by atoms with Gasteiger partial charge >= 0.3 is 0 Å². The van der Waals surface area contributed by atoms with Crippen LogP contribution in [0.4, 0.5) is 11.5 Å². The number of aryl methyl sites for hydroxylation is 1. The van der Waals surface area contributed by atoms with Crippen molar-refractivity contribution in [2.75, 3.05) is 19.1 Å². The minimum atomic E-state index is 0.442. The normalized spacial score (nSPS) is 10.8. The zero-order chi connectivity index (χ0) is 23.4. The zero-order valence-electron chi connectivity index (χ0n) is 19.6. The minimum Gasteiger partial charge on any atom is -0.493 e. The molecule has 0 aliphatic heterocycles. The Balaban J connectivity index is 1.60. The van der Waals surface area contributed by atoms with Gasteiger partial charge in [0.1, 0.15) is 18.2 Å². The van der Waals surface area contributed by atoms with Crippen molar-refractivity contribution in [2.45, 2.75) is 26.9 Å². The summed E-state index contributed by atoms with van der Waals surface area (Å²) in [5.74, 6) is 2.95. The molecule has 0 bridgehead atoms. The van der Waals surface area contributed by atoms with E-state index in [2.05, 4.69) is 47.7 Å². The molecule has 0 saturated heterocycles. The average Bonchev–Trinajstić information content (AvgIpc) is 2.86. The van der Waals surface area contributed by atoms with Gasteiger partial charge in [-0.2, -0.15) is 0 Å². The Kier molecular flexibility index (Phi) is 6.59. The number of para-hydroxylation sites is 1. The van der Waals surface area contributed by atoms with E-state index in [4.69, 9.17) is 14.5 Å². The Morgan fingerprint density at radius 3 is 2.45 bits per heavy atom. The number of aromatic nitrogens is 2. The summed E-state index contributed by atoms with van der Waals surface area (Å²) in [5, 5.41) is 0.998. The Morgan fingerprint density at radius 1 is 0.970 bits per heavy atom. The van der Waals surface area contributed by atoms with Crippen molar-refractivity contribution in [2.24, 2.45) is 0 Å². The first-order chi connectivity index (χ1) is 16.0. The smallest absolute Gasteiger partial charge is 0.163 e. The molecule has 1 aromatic heterocycles. The van der Waals surface area contributed by atoms with Gasteiger partial charge in [0.15, 0.2) is 11.5 Å². The topological polar surface area (TPSA) is 47.5 Å². The van der Waals surface area contributed by atoms with Gasteiger partial charge in [0.25, 0.3) is 0 Å². The lowest BCUT2D eigenvalue weighted by Crippen LogP contribution is -2.13. The van der Waals surface area contributed by atoms with Crippen molar-refractivity contribution in [1.82, 2.24) is 9.97 Å². The summed E-state index contributed by atoms with van der Waals surface area (Å²) >= 11 is 0. The number of hydrogen-bond acceptors (Lipinski definition) is 5. The maximum Gasteiger partial charge on any atom is 0.163 e. The molecular weight excluding hydrogens is 410 g/mol. The number of fused-ring (bicyclic) bond motifs is 1. The molecule has 4 aromatic rings. The predicted octanol–water partition coefficient (Wildman–Crippen LogP) is 6.72. The molecule has 0 unspecified atom stereocenters. The van der Waals surface area contributed by atoms with E-state index in [1.807, 2.05) is 56.4 Å². The Labute approximate surface area is 195 Å². The maximum atomic E-state index is 6.17. The molecule has 5 heteroatoms. The van der Waals surface area contributed by atoms with Crippen LogP contribution in [0, 0.1) is 6.92 Å². The number of ether oxygens (including phenoxy) is 2. The quantitative estimate of drug-likeness (QED) is 0.305. The summed E-state index contributed by atoms with van der Waals surface area (Å²) in [6.07, 6.45) is 0.939. The highest BCUT2D eigenvalue weighted by molar-refractivity contribution is 5.91. The van der Waals surface area contributed by atoms with Crippen LogP contribution in [0.5, 0.6) is 11.5 Å². The molecule has 4 rings (SSSR count). The number of hydrogen-bond donors (Lipinski definition) is 0. The number of nitrogens with zero attached hydrogens (tertiary/aromatic N) is 3. The standard InChI is InChI=1S/C28H29N3O2/c1-6-19(2)22-13-11-21(12-14-22)18-33-27-17-23(15-16-26(27)32-5)31(4)28-24-9-7-8-10-25(24)29-20(3)30-28/h7-17H,2,6,18H2,1,3-5H3. The van der Waals surface area contributed by atoms with E-state index in [0.717, 1.165) is 51.4 Å². The number of allylic oxidation sites excluding steroid dienone is 1. The monoisotopic (exact) mass is 439 g/mol. The van der Waals surface area contributed by atoms with E-state index in [1.54, 1.807) is 7.11 Å². The molecule has 5 nitrogen and oxygen atoms in total. The van der Waals surface area contributed by atoms with Crippen LogP contribution in [0.25, 0.3) is 16.5 Å². The van der Waals surface area contributed by atoms with Gasteiger partial charge in [-0.15, -0.1) is 0 Å². The lowest BCUT2D eigenvalue weighted by atomic mass is 10.0. The van der Waals surface area contributed by atoms with Crippen molar-refractivity contribution in [1.29, 1.82) is 0 Å². The van der Waals surface area contributed by atoms with Crippen LogP contribution in [0.1, 0.15) is 30.3 Å². The first kappa shape index (κ1) is 22.3. The molecule has 0 aliphatic carbocycles. The van der Waals surface area contributed by atoms with E-state index in [-0.39, 0.29) is 0 Å². The van der Waals surface area contributed by atoms with Gasteiger partial charge in [0.2, 0.25) is 0 Å². The van der Waals surface area contributed by atoms with Gasteiger partial charge in [0.05, 0.1) is 12.6 Å². The molecule has 0 amide bonds. The lowest BCUT2D eigenvalue weighted by molar-refractivity contribution is 0.284. The van der Waals surface area contributed by atoms with Crippen molar-refractivity contribution >= 4 is 28.0 Å². The summed E-state index contributed by atoms with van der Waals surface area (Å²) in [5.41, 5.74) is 5.25. The first-order valence-electron chi connectivity index (χ1n) is 11.0. The molecule has 0 fully saturated rings. The van der Waals surface area contributed by atoms with E-state index in [1.165, 1.54) is 0 Å². The van der Waals surface area contributed by atoms with Gasteiger partial charge in [-0.3, -0.25) is 0 Å². The van der Waals surface area contributed by atoms with E-state index < -0.39 is 0 Å². The van der Waals surface area contributed by atoms with Crippen molar-refractivity contribution in [3.05, 3.63) is 90.3 Å². The number of methoxy groups -OCH3 is 1. The second-order valence-corrected chi connectivity index (χ2v) is 7.95. The molecule has 0 aliphatic rings. The third-order valence-electron chi connectivity index (χ3n) is 5.73. The van der Waals surface area contributed by atoms with Gasteiger partial charge < -0.3 is 14.4 Å². The van der Waals surface area contributed by atoms with Crippen LogP contribution in [0.15, 0.2) is 73.3 Å². The molecule has 1 heterocycles.